The molecule has 33 heavy (non-hydrogen) atoms. The lowest BCUT2D eigenvalue weighted by molar-refractivity contribution is -0.142. The summed E-state index contributed by atoms with van der Waals surface area (Å²) in [6, 6.07) is 5.15. The van der Waals surface area contributed by atoms with Crippen LogP contribution in [0.15, 0.2) is 28.3 Å². The number of hydrogen-bond acceptors (Lipinski definition) is 7. The van der Waals surface area contributed by atoms with Gasteiger partial charge in [-0.3, -0.25) is 4.79 Å². The van der Waals surface area contributed by atoms with Crippen molar-refractivity contribution in [2.24, 2.45) is 0 Å². The van der Waals surface area contributed by atoms with Crippen molar-refractivity contribution in [2.75, 3.05) is 26.3 Å². The Hall–Kier alpha value is -1.62. The Morgan fingerprint density at radius 3 is 2.79 bits per heavy atom. The number of hydrogen-bond donors (Lipinski definition) is 0. The Labute approximate surface area is 200 Å². The molecule has 182 valence electrons. The molecule has 2 aliphatic rings. The van der Waals surface area contributed by atoms with Crippen LogP contribution < -0.4 is 0 Å². The third kappa shape index (κ3) is 5.55. The number of unbranched alkanes of at least 4 members (excludes halogenated alkanes) is 1. The van der Waals surface area contributed by atoms with Crippen LogP contribution in [0, 0.1) is 0 Å². The van der Waals surface area contributed by atoms with Crippen molar-refractivity contribution in [1.82, 2.24) is 13.9 Å². The minimum absolute atomic E-state index is 0.0848. The number of benzene rings is 1. The molecule has 2 atom stereocenters. The number of esters is 1. The first-order valence-electron chi connectivity index (χ1n) is 11.9. The first kappa shape index (κ1) is 24.5. The molecule has 2 unspecified atom stereocenters. The minimum atomic E-state index is -3.53. The van der Waals surface area contributed by atoms with Gasteiger partial charge in [-0.1, -0.05) is 25.1 Å². The van der Waals surface area contributed by atoms with Crippen LogP contribution in [0.4, 0.5) is 0 Å². The number of fused-ring (bicyclic) bond motifs is 1. The molecular formula is C23H33N3O5S2. The van der Waals surface area contributed by atoms with E-state index in [0.717, 1.165) is 50.6 Å². The first-order valence-corrected chi connectivity index (χ1v) is 14.2. The van der Waals surface area contributed by atoms with E-state index in [1.807, 2.05) is 13.0 Å². The summed E-state index contributed by atoms with van der Waals surface area (Å²) in [4.78, 5) is 17.5. The van der Waals surface area contributed by atoms with Gasteiger partial charge in [-0.05, 0) is 57.2 Å². The van der Waals surface area contributed by atoms with Gasteiger partial charge in [-0.15, -0.1) is 0 Å². The molecule has 1 aromatic heterocycles. The number of carbonyl (C=O) groups excluding carboxylic acids is 1. The second kappa shape index (κ2) is 10.8. The molecule has 4 rings (SSSR count). The van der Waals surface area contributed by atoms with Gasteiger partial charge in [0.15, 0.2) is 5.16 Å². The maximum Gasteiger partial charge on any atom is 0.319 e. The van der Waals surface area contributed by atoms with E-state index in [1.165, 1.54) is 11.8 Å². The van der Waals surface area contributed by atoms with Crippen molar-refractivity contribution in [3.8, 4) is 0 Å². The summed E-state index contributed by atoms with van der Waals surface area (Å²) in [5, 5.41) is 0.255. The van der Waals surface area contributed by atoms with Gasteiger partial charge >= 0.3 is 5.97 Å². The zero-order valence-corrected chi connectivity index (χ0v) is 21.0. The van der Waals surface area contributed by atoms with E-state index >= 15 is 0 Å². The van der Waals surface area contributed by atoms with Gasteiger partial charge in [0.05, 0.1) is 35.2 Å². The zero-order chi connectivity index (χ0) is 23.4. The van der Waals surface area contributed by atoms with Crippen LogP contribution in [0.5, 0.6) is 0 Å². The van der Waals surface area contributed by atoms with E-state index in [0.29, 0.717) is 36.9 Å². The summed E-state index contributed by atoms with van der Waals surface area (Å²) in [5.41, 5.74) is 1.46. The highest BCUT2D eigenvalue weighted by Gasteiger charge is 2.29. The Morgan fingerprint density at radius 1 is 1.30 bits per heavy atom. The second-order valence-corrected chi connectivity index (χ2v) is 11.9. The predicted octanol–water partition coefficient (Wildman–Crippen LogP) is 3.82. The Morgan fingerprint density at radius 2 is 2.09 bits per heavy atom. The summed E-state index contributed by atoms with van der Waals surface area (Å²) in [5.74, 6) is -0.263. The van der Waals surface area contributed by atoms with Gasteiger partial charge in [0.2, 0.25) is 10.0 Å². The van der Waals surface area contributed by atoms with Gasteiger partial charge in [0.25, 0.3) is 0 Å². The van der Waals surface area contributed by atoms with Crippen LogP contribution in [0.2, 0.25) is 0 Å². The van der Waals surface area contributed by atoms with Crippen molar-refractivity contribution in [1.29, 1.82) is 0 Å². The highest BCUT2D eigenvalue weighted by atomic mass is 32.2. The summed E-state index contributed by atoms with van der Waals surface area (Å²) in [6.07, 6.45) is 5.68. The summed E-state index contributed by atoms with van der Waals surface area (Å²) in [7, 11) is -3.53. The van der Waals surface area contributed by atoms with Crippen molar-refractivity contribution >= 4 is 38.8 Å². The number of ether oxygens (including phenoxy) is 2. The van der Waals surface area contributed by atoms with Gasteiger partial charge in [0, 0.05) is 19.7 Å². The van der Waals surface area contributed by atoms with E-state index in [-0.39, 0.29) is 17.0 Å². The maximum absolute atomic E-state index is 13.0. The molecule has 2 aliphatic heterocycles. The molecule has 2 saturated heterocycles. The molecule has 2 aromatic rings. The number of thioether (sulfide) groups is 1. The van der Waals surface area contributed by atoms with Gasteiger partial charge in [-0.2, -0.15) is 4.31 Å². The van der Waals surface area contributed by atoms with Crippen molar-refractivity contribution in [3.63, 3.8) is 0 Å². The van der Waals surface area contributed by atoms with E-state index in [2.05, 4.69) is 11.5 Å². The van der Waals surface area contributed by atoms with E-state index in [4.69, 9.17) is 14.5 Å². The number of nitrogens with zero attached hydrogens (tertiary/aromatic N) is 3. The average molecular weight is 496 g/mol. The number of carbonyl (C=O) groups is 1. The van der Waals surface area contributed by atoms with Gasteiger partial charge < -0.3 is 14.0 Å². The van der Waals surface area contributed by atoms with Crippen LogP contribution in [0.25, 0.3) is 11.0 Å². The van der Waals surface area contributed by atoms with E-state index in [1.54, 1.807) is 16.4 Å². The average Bonchev–Trinajstić information content (AvgIpc) is 3.56. The molecule has 0 saturated carbocycles. The topological polar surface area (TPSA) is 90.7 Å². The standard InChI is InChI=1S/C23H33N3O5S2/c1-3-4-13-31-22(27)17(2)32-23-24-20-15-19(33(28,29)25-11-5-6-12-25)9-10-21(20)26(23)16-18-8-7-14-30-18/h9-10,15,17-18H,3-8,11-14,16H2,1-2H3. The largest absolute Gasteiger partial charge is 0.465 e. The minimum Gasteiger partial charge on any atom is -0.465 e. The molecule has 3 heterocycles. The fourth-order valence-corrected chi connectivity index (χ4v) is 6.69. The molecule has 0 bridgehead atoms. The molecule has 0 aliphatic carbocycles. The van der Waals surface area contributed by atoms with Gasteiger partial charge in [-0.25, -0.2) is 13.4 Å². The molecule has 0 spiro atoms. The van der Waals surface area contributed by atoms with Gasteiger partial charge in [0.1, 0.15) is 5.25 Å². The second-order valence-electron chi connectivity index (χ2n) is 8.68. The van der Waals surface area contributed by atoms with Crippen molar-refractivity contribution < 1.29 is 22.7 Å². The monoisotopic (exact) mass is 495 g/mol. The van der Waals surface area contributed by atoms with Crippen molar-refractivity contribution in [2.45, 2.75) is 80.3 Å². The number of rotatable bonds is 10. The molecule has 10 heteroatoms. The molecule has 0 radical (unpaired) electrons. The highest BCUT2D eigenvalue weighted by Crippen LogP contribution is 2.31. The fraction of sp³-hybridized carbons (Fsp3) is 0.652. The van der Waals surface area contributed by atoms with Crippen LogP contribution in [0.3, 0.4) is 0 Å². The molecule has 8 nitrogen and oxygen atoms in total. The summed E-state index contributed by atoms with van der Waals surface area (Å²) in [6.45, 7) is 6.78. The summed E-state index contributed by atoms with van der Waals surface area (Å²) >= 11 is 1.35. The molecule has 0 N–H and O–H groups in total. The van der Waals surface area contributed by atoms with Crippen molar-refractivity contribution in [3.05, 3.63) is 18.2 Å². The molecule has 2 fully saturated rings. The lowest BCUT2D eigenvalue weighted by Crippen LogP contribution is -2.27. The third-order valence-electron chi connectivity index (χ3n) is 6.15. The molecular weight excluding hydrogens is 462 g/mol. The van der Waals surface area contributed by atoms with Crippen LogP contribution in [0.1, 0.15) is 52.4 Å². The van der Waals surface area contributed by atoms with E-state index < -0.39 is 15.3 Å². The third-order valence-corrected chi connectivity index (χ3v) is 9.12. The number of imidazole rings is 1. The molecule has 1 aromatic carbocycles. The highest BCUT2D eigenvalue weighted by molar-refractivity contribution is 8.00. The SMILES string of the molecule is CCCCOC(=O)C(C)Sc1nc2cc(S(=O)(=O)N3CCCC3)ccc2n1CC1CCCO1. The lowest BCUT2D eigenvalue weighted by atomic mass is 10.2. The Balaban J connectivity index is 1.63. The zero-order valence-electron chi connectivity index (χ0n) is 19.4. The fourth-order valence-electron chi connectivity index (χ4n) is 4.22. The van der Waals surface area contributed by atoms with Crippen LogP contribution in [-0.4, -0.2) is 65.9 Å². The predicted molar refractivity (Wildman–Crippen MR) is 128 cm³/mol. The van der Waals surface area contributed by atoms with Crippen LogP contribution >= 0.6 is 11.8 Å². The number of aromatic nitrogens is 2. The normalized spacial score (nSPS) is 20.5. The Bertz CT molecular complexity index is 1070. The van der Waals surface area contributed by atoms with Crippen LogP contribution in [-0.2, 0) is 30.8 Å². The Kier molecular flexibility index (Phi) is 7.99. The summed E-state index contributed by atoms with van der Waals surface area (Å²) < 4.78 is 40.9. The molecule has 0 amide bonds. The number of sulfonamides is 1. The van der Waals surface area contributed by atoms with E-state index in [9.17, 15) is 13.2 Å². The smallest absolute Gasteiger partial charge is 0.319 e. The lowest BCUT2D eigenvalue weighted by Gasteiger charge is -2.16. The quantitative estimate of drug-likeness (QED) is 0.281. The maximum atomic E-state index is 13.0. The first-order chi connectivity index (χ1) is 15.9.